The van der Waals surface area contributed by atoms with Crippen molar-refractivity contribution < 1.29 is 4.79 Å². The van der Waals surface area contributed by atoms with Gasteiger partial charge in [0.05, 0.1) is 11.9 Å². The standard InChI is InChI=1S/C18H24N4.C5H10O.C2H6/c1-14-6-4-5-7-15(14)16-12-18(20-13-17(16)19-2)22-10-8-21(3)9-11-22;1-5(2,3)4-6;1-2/h4-7,12-13,19H,8-11H2,1-3H3;4H,1-3H3;1-2H3. The van der Waals surface area contributed by atoms with Crippen LogP contribution in [0.5, 0.6) is 0 Å². The molecule has 0 atom stereocenters. The van der Waals surface area contributed by atoms with Gasteiger partial charge in [0.15, 0.2) is 0 Å². The number of likely N-dealkylation sites (N-methyl/N-ethyl adjacent to an activating group) is 1. The minimum atomic E-state index is -0.139. The van der Waals surface area contributed by atoms with Crippen molar-refractivity contribution in [3.63, 3.8) is 0 Å². The molecule has 1 N–H and O–H groups in total. The van der Waals surface area contributed by atoms with Crippen LogP contribution in [0, 0.1) is 12.3 Å². The lowest BCUT2D eigenvalue weighted by molar-refractivity contribution is -0.113. The highest BCUT2D eigenvalue weighted by Gasteiger charge is 2.17. The van der Waals surface area contributed by atoms with Crippen LogP contribution in [0.25, 0.3) is 11.1 Å². The minimum Gasteiger partial charge on any atom is -0.386 e. The van der Waals surface area contributed by atoms with Gasteiger partial charge < -0.3 is 19.9 Å². The van der Waals surface area contributed by atoms with Crippen molar-refractivity contribution in [2.24, 2.45) is 5.41 Å². The highest BCUT2D eigenvalue weighted by atomic mass is 16.1. The number of aldehydes is 1. The number of hydrogen-bond acceptors (Lipinski definition) is 5. The van der Waals surface area contributed by atoms with E-state index in [1.54, 1.807) is 0 Å². The van der Waals surface area contributed by atoms with E-state index in [4.69, 9.17) is 0 Å². The summed E-state index contributed by atoms with van der Waals surface area (Å²) in [4.78, 5) is 19.2. The Labute approximate surface area is 183 Å². The molecule has 1 saturated heterocycles. The normalized spacial score (nSPS) is 14.1. The number of carbonyl (C=O) groups excluding carboxylic acids is 1. The number of nitrogens with zero attached hydrogens (tertiary/aromatic N) is 3. The third kappa shape index (κ3) is 7.79. The summed E-state index contributed by atoms with van der Waals surface area (Å²) >= 11 is 0. The van der Waals surface area contributed by atoms with Crippen LogP contribution >= 0.6 is 0 Å². The first-order chi connectivity index (χ1) is 14.2. The number of piperazine rings is 1. The summed E-state index contributed by atoms with van der Waals surface area (Å²) in [5.74, 6) is 1.07. The van der Waals surface area contributed by atoms with Crippen LogP contribution in [0.3, 0.4) is 0 Å². The average Bonchev–Trinajstić information content (AvgIpc) is 2.75. The number of benzene rings is 1. The van der Waals surface area contributed by atoms with E-state index >= 15 is 0 Å². The second kappa shape index (κ2) is 12.3. The summed E-state index contributed by atoms with van der Waals surface area (Å²) < 4.78 is 0. The predicted octanol–water partition coefficient (Wildman–Crippen LogP) is 5.11. The van der Waals surface area contributed by atoms with Gasteiger partial charge in [0.2, 0.25) is 0 Å². The molecule has 0 aliphatic carbocycles. The lowest BCUT2D eigenvalue weighted by Gasteiger charge is -2.33. The largest absolute Gasteiger partial charge is 0.386 e. The third-order valence-corrected chi connectivity index (χ3v) is 4.77. The van der Waals surface area contributed by atoms with E-state index < -0.39 is 0 Å². The number of anilines is 2. The molecule has 30 heavy (non-hydrogen) atoms. The van der Waals surface area contributed by atoms with E-state index in [0.717, 1.165) is 44.0 Å². The lowest BCUT2D eigenvalue weighted by atomic mass is 10.00. The zero-order chi connectivity index (χ0) is 22.7. The molecule has 0 unspecified atom stereocenters. The van der Waals surface area contributed by atoms with E-state index in [1.807, 2.05) is 47.9 Å². The second-order valence-electron chi connectivity index (χ2n) is 8.43. The first-order valence-electron chi connectivity index (χ1n) is 10.9. The molecule has 0 spiro atoms. The first kappa shape index (κ1) is 25.6. The SMILES string of the molecule is CC.CC(C)(C)C=O.CNc1cnc(N2CCN(C)CC2)cc1-c1ccccc1C. The average molecular weight is 413 g/mol. The maximum absolute atomic E-state index is 9.83. The zero-order valence-corrected chi connectivity index (χ0v) is 20.1. The Morgan fingerprint density at radius 1 is 1.03 bits per heavy atom. The van der Waals surface area contributed by atoms with Gasteiger partial charge in [0, 0.05) is 44.2 Å². The van der Waals surface area contributed by atoms with Crippen molar-refractivity contribution >= 4 is 17.8 Å². The summed E-state index contributed by atoms with van der Waals surface area (Å²) in [6.45, 7) is 16.0. The molecule has 5 heteroatoms. The highest BCUT2D eigenvalue weighted by molar-refractivity contribution is 5.81. The molecule has 2 aromatic rings. The first-order valence-corrected chi connectivity index (χ1v) is 10.9. The van der Waals surface area contributed by atoms with E-state index in [2.05, 4.69) is 64.4 Å². The maximum Gasteiger partial charge on any atom is 0.129 e. The van der Waals surface area contributed by atoms with Gasteiger partial charge in [0.25, 0.3) is 0 Å². The van der Waals surface area contributed by atoms with Crippen LogP contribution in [-0.4, -0.2) is 56.4 Å². The predicted molar refractivity (Wildman–Crippen MR) is 131 cm³/mol. The Kier molecular flexibility index (Phi) is 10.5. The van der Waals surface area contributed by atoms with Gasteiger partial charge in [-0.15, -0.1) is 0 Å². The number of rotatable bonds is 3. The van der Waals surface area contributed by atoms with Crippen molar-refractivity contribution in [2.75, 3.05) is 50.5 Å². The minimum absolute atomic E-state index is 0.139. The molecular weight excluding hydrogens is 372 g/mol. The smallest absolute Gasteiger partial charge is 0.129 e. The van der Waals surface area contributed by atoms with E-state index in [0.29, 0.717) is 0 Å². The van der Waals surface area contributed by atoms with E-state index in [1.165, 1.54) is 16.7 Å². The van der Waals surface area contributed by atoms with Crippen LogP contribution in [0.4, 0.5) is 11.5 Å². The monoisotopic (exact) mass is 412 g/mol. The van der Waals surface area contributed by atoms with Crippen molar-refractivity contribution in [1.82, 2.24) is 9.88 Å². The summed E-state index contributed by atoms with van der Waals surface area (Å²) in [5, 5.41) is 3.27. The Balaban J connectivity index is 0.000000487. The highest BCUT2D eigenvalue weighted by Crippen LogP contribution is 2.32. The number of carbonyl (C=O) groups is 1. The van der Waals surface area contributed by atoms with Gasteiger partial charge in [0.1, 0.15) is 12.1 Å². The molecule has 0 amide bonds. The van der Waals surface area contributed by atoms with Crippen molar-refractivity contribution in [2.45, 2.75) is 41.5 Å². The number of aryl methyl sites for hydroxylation is 1. The lowest BCUT2D eigenvalue weighted by Crippen LogP contribution is -2.44. The fraction of sp³-hybridized carbons (Fsp3) is 0.520. The summed E-state index contributed by atoms with van der Waals surface area (Å²) in [6, 6.07) is 10.7. The number of hydrogen-bond donors (Lipinski definition) is 1. The van der Waals surface area contributed by atoms with Crippen molar-refractivity contribution in [1.29, 1.82) is 0 Å². The van der Waals surface area contributed by atoms with Crippen LogP contribution in [0.1, 0.15) is 40.2 Å². The topological polar surface area (TPSA) is 48.5 Å². The van der Waals surface area contributed by atoms with Crippen LogP contribution in [0.2, 0.25) is 0 Å². The van der Waals surface area contributed by atoms with Gasteiger partial charge in [-0.25, -0.2) is 4.98 Å². The Morgan fingerprint density at radius 3 is 2.10 bits per heavy atom. The van der Waals surface area contributed by atoms with Crippen LogP contribution in [-0.2, 0) is 4.79 Å². The molecule has 1 aromatic carbocycles. The molecule has 166 valence electrons. The van der Waals surface area contributed by atoms with Gasteiger partial charge in [-0.2, -0.15) is 0 Å². The van der Waals surface area contributed by atoms with E-state index in [-0.39, 0.29) is 5.41 Å². The van der Waals surface area contributed by atoms with E-state index in [9.17, 15) is 4.79 Å². The Morgan fingerprint density at radius 2 is 1.60 bits per heavy atom. The molecule has 0 saturated carbocycles. The molecule has 5 nitrogen and oxygen atoms in total. The maximum atomic E-state index is 9.83. The Hall–Kier alpha value is -2.40. The van der Waals surface area contributed by atoms with Gasteiger partial charge in [-0.1, -0.05) is 58.9 Å². The molecule has 0 bridgehead atoms. The fourth-order valence-electron chi connectivity index (χ4n) is 2.95. The molecule has 3 rings (SSSR count). The molecular formula is C25H40N4O. The molecule has 1 aliphatic rings. The number of nitrogens with one attached hydrogen (secondary N) is 1. The zero-order valence-electron chi connectivity index (χ0n) is 20.1. The second-order valence-corrected chi connectivity index (χ2v) is 8.43. The van der Waals surface area contributed by atoms with Gasteiger partial charge in [-0.05, 0) is 31.2 Å². The van der Waals surface area contributed by atoms with Crippen molar-refractivity contribution in [3.8, 4) is 11.1 Å². The summed E-state index contributed by atoms with van der Waals surface area (Å²) in [6.07, 6.45) is 2.89. The molecule has 1 fully saturated rings. The summed E-state index contributed by atoms with van der Waals surface area (Å²) in [5.41, 5.74) is 4.72. The molecule has 2 heterocycles. The van der Waals surface area contributed by atoms with Crippen LogP contribution < -0.4 is 10.2 Å². The summed E-state index contributed by atoms with van der Waals surface area (Å²) in [7, 11) is 4.13. The number of pyridine rings is 1. The van der Waals surface area contributed by atoms with Crippen LogP contribution in [0.15, 0.2) is 36.5 Å². The molecule has 1 aromatic heterocycles. The van der Waals surface area contributed by atoms with Crippen molar-refractivity contribution in [3.05, 3.63) is 42.1 Å². The molecule has 1 aliphatic heterocycles. The van der Waals surface area contributed by atoms with Gasteiger partial charge in [-0.3, -0.25) is 0 Å². The number of aromatic nitrogens is 1. The third-order valence-electron chi connectivity index (χ3n) is 4.77. The fourth-order valence-corrected chi connectivity index (χ4v) is 2.95. The molecule has 0 radical (unpaired) electrons. The quantitative estimate of drug-likeness (QED) is 0.710. The van der Waals surface area contributed by atoms with Gasteiger partial charge >= 0.3 is 0 Å². The Bertz CT molecular complexity index is 775.